The van der Waals surface area contributed by atoms with Gasteiger partial charge in [-0.25, -0.2) is 0 Å². The summed E-state index contributed by atoms with van der Waals surface area (Å²) in [5.41, 5.74) is 0.441. The highest BCUT2D eigenvalue weighted by Crippen LogP contribution is 2.62. The van der Waals surface area contributed by atoms with E-state index in [1.807, 2.05) is 7.11 Å². The smallest absolute Gasteiger partial charge is 0.146 e. The molecule has 3 heteroatoms. The van der Waals surface area contributed by atoms with Crippen molar-refractivity contribution in [3.63, 3.8) is 0 Å². The summed E-state index contributed by atoms with van der Waals surface area (Å²) in [5.74, 6) is 5.87. The fourth-order valence-corrected chi connectivity index (χ4v) is 8.44. The van der Waals surface area contributed by atoms with Crippen LogP contribution in [-0.4, -0.2) is 24.8 Å². The summed E-state index contributed by atoms with van der Waals surface area (Å²) in [6.07, 6.45) is 13.5. The molecule has 0 aromatic heterocycles. The van der Waals surface area contributed by atoms with Gasteiger partial charge in [-0.2, -0.15) is 0 Å². The highest BCUT2D eigenvalue weighted by Gasteiger charge is 2.56. The first-order valence-corrected chi connectivity index (χ1v) is 12.3. The van der Waals surface area contributed by atoms with Crippen LogP contribution in [-0.2, 0) is 9.53 Å². The van der Waals surface area contributed by atoms with Gasteiger partial charge in [-0.1, -0.05) is 29.3 Å². The molecule has 0 heterocycles. The van der Waals surface area contributed by atoms with Crippen LogP contribution < -0.4 is 0 Å². The lowest BCUT2D eigenvalue weighted by Crippen LogP contribution is -2.52. The Morgan fingerprint density at radius 1 is 1.04 bits per heavy atom. The number of alkyl halides is 1. The van der Waals surface area contributed by atoms with Crippen LogP contribution in [0.15, 0.2) is 0 Å². The summed E-state index contributed by atoms with van der Waals surface area (Å²) < 4.78 is 5.89. The standard InChI is InChI=1S/C23H37BrO2/c1-15-9-10-23(14-26-2)18(11-15)5-7-19-16-3-6-20(22(25)13-24)17(12-16)4-8-21(19)23/h15-21H,3-14H2,1-2H3/t15-,16?,17+,18-,19?,20-,21-,23+/m0/s1. The molecule has 0 aromatic carbocycles. The van der Waals surface area contributed by atoms with Crippen molar-refractivity contribution in [3.05, 3.63) is 0 Å². The number of methoxy groups -OCH3 is 1. The molecule has 8 atom stereocenters. The molecule has 2 unspecified atom stereocenters. The number of ether oxygens (including phenoxy) is 1. The minimum Gasteiger partial charge on any atom is -0.384 e. The molecule has 4 aliphatic rings. The van der Waals surface area contributed by atoms with Gasteiger partial charge in [-0.15, -0.1) is 0 Å². The second-order valence-electron chi connectivity index (χ2n) is 10.2. The maximum Gasteiger partial charge on any atom is 0.146 e. The predicted molar refractivity (Wildman–Crippen MR) is 109 cm³/mol. The molecule has 2 bridgehead atoms. The van der Waals surface area contributed by atoms with E-state index >= 15 is 0 Å². The number of halogens is 1. The molecule has 2 nitrogen and oxygen atoms in total. The third kappa shape index (κ3) is 3.23. The number of carbonyl (C=O) groups is 1. The molecule has 4 rings (SSSR count). The van der Waals surface area contributed by atoms with Crippen molar-refractivity contribution in [2.45, 2.75) is 71.1 Å². The van der Waals surface area contributed by atoms with Gasteiger partial charge in [-0.05, 0) is 98.7 Å². The molecule has 4 fully saturated rings. The average Bonchev–Trinajstić information content (AvgIpc) is 2.79. The molecule has 0 N–H and O–H groups in total. The zero-order valence-corrected chi connectivity index (χ0v) is 18.3. The number of Topliss-reactive ketones (excluding diaryl/α,β-unsaturated/α-hetero) is 1. The van der Waals surface area contributed by atoms with Crippen molar-refractivity contribution >= 4 is 21.7 Å². The van der Waals surface area contributed by atoms with E-state index in [1.165, 1.54) is 57.8 Å². The first-order valence-electron chi connectivity index (χ1n) is 11.2. The largest absolute Gasteiger partial charge is 0.384 e. The van der Waals surface area contributed by atoms with Crippen LogP contribution in [0.1, 0.15) is 71.1 Å². The first kappa shape index (κ1) is 19.4. The summed E-state index contributed by atoms with van der Waals surface area (Å²) in [6.45, 7) is 3.44. The van der Waals surface area contributed by atoms with Crippen molar-refractivity contribution in [1.82, 2.24) is 0 Å². The molecule has 0 radical (unpaired) electrons. The quantitative estimate of drug-likeness (QED) is 0.527. The fourth-order valence-electron chi connectivity index (χ4n) is 8.03. The minimum atomic E-state index is 0.339. The van der Waals surface area contributed by atoms with Crippen LogP contribution >= 0.6 is 15.9 Å². The van der Waals surface area contributed by atoms with Crippen LogP contribution in [0.3, 0.4) is 0 Å². The van der Waals surface area contributed by atoms with Crippen molar-refractivity contribution in [2.24, 2.45) is 46.8 Å². The summed E-state index contributed by atoms with van der Waals surface area (Å²) >= 11 is 3.43. The summed E-state index contributed by atoms with van der Waals surface area (Å²) in [6, 6.07) is 0. The molecular formula is C23H37BrO2. The zero-order chi connectivity index (χ0) is 18.3. The molecule has 0 aromatic rings. The number of hydrogen-bond acceptors (Lipinski definition) is 2. The third-order valence-corrected chi connectivity index (χ3v) is 9.69. The van der Waals surface area contributed by atoms with Gasteiger partial charge in [0.1, 0.15) is 5.78 Å². The Kier molecular flexibility index (Phi) is 5.87. The van der Waals surface area contributed by atoms with E-state index in [-0.39, 0.29) is 0 Å². The molecule has 4 saturated carbocycles. The van der Waals surface area contributed by atoms with E-state index in [4.69, 9.17) is 4.74 Å². The van der Waals surface area contributed by atoms with E-state index in [0.29, 0.717) is 28.4 Å². The van der Waals surface area contributed by atoms with Gasteiger partial charge in [0.05, 0.1) is 11.9 Å². The molecule has 26 heavy (non-hydrogen) atoms. The maximum atomic E-state index is 12.5. The Labute approximate surface area is 168 Å². The minimum absolute atomic E-state index is 0.339. The van der Waals surface area contributed by atoms with Crippen LogP contribution in [0.2, 0.25) is 0 Å². The second-order valence-corrected chi connectivity index (χ2v) is 10.8. The number of fused-ring (bicyclic) bond motifs is 6. The van der Waals surface area contributed by atoms with Gasteiger partial charge in [0.15, 0.2) is 0 Å². The monoisotopic (exact) mass is 424 g/mol. The van der Waals surface area contributed by atoms with Gasteiger partial charge in [-0.3, -0.25) is 4.79 Å². The average molecular weight is 425 g/mol. The van der Waals surface area contributed by atoms with Gasteiger partial charge < -0.3 is 4.74 Å². The van der Waals surface area contributed by atoms with Gasteiger partial charge in [0, 0.05) is 13.0 Å². The third-order valence-electron chi connectivity index (χ3n) is 9.14. The van der Waals surface area contributed by atoms with Crippen LogP contribution in [0, 0.1) is 46.8 Å². The zero-order valence-electron chi connectivity index (χ0n) is 16.7. The number of carbonyl (C=O) groups excluding carboxylic acids is 1. The summed E-state index contributed by atoms with van der Waals surface area (Å²) in [4.78, 5) is 12.5. The van der Waals surface area contributed by atoms with Gasteiger partial charge in [0.2, 0.25) is 0 Å². The number of rotatable bonds is 4. The summed E-state index contributed by atoms with van der Waals surface area (Å²) in [5, 5.41) is 0.555. The van der Waals surface area contributed by atoms with E-state index in [9.17, 15) is 4.79 Å². The molecule has 0 spiro atoms. The number of ketones is 1. The fraction of sp³-hybridized carbons (Fsp3) is 0.957. The van der Waals surface area contributed by atoms with E-state index in [0.717, 1.165) is 42.6 Å². The molecule has 148 valence electrons. The summed E-state index contributed by atoms with van der Waals surface area (Å²) in [7, 11) is 1.92. The Morgan fingerprint density at radius 2 is 1.85 bits per heavy atom. The first-order chi connectivity index (χ1) is 12.6. The lowest BCUT2D eigenvalue weighted by Gasteiger charge is -2.57. The molecule has 0 aliphatic heterocycles. The molecular weight excluding hydrogens is 388 g/mol. The SMILES string of the molecule is COC[C@]12CC[C@H](C)C[C@@H]1CCC1C3CC[C@H](C(=O)CBr)[C@H](CC[C@@H]12)C3. The van der Waals surface area contributed by atoms with E-state index < -0.39 is 0 Å². The lowest BCUT2D eigenvalue weighted by molar-refractivity contribution is -0.124. The highest BCUT2D eigenvalue weighted by atomic mass is 79.9. The van der Waals surface area contributed by atoms with Crippen molar-refractivity contribution in [3.8, 4) is 0 Å². The molecule has 0 saturated heterocycles. The number of hydrogen-bond donors (Lipinski definition) is 0. The normalized spacial score (nSPS) is 48.2. The second kappa shape index (κ2) is 7.85. The van der Waals surface area contributed by atoms with Crippen molar-refractivity contribution in [2.75, 3.05) is 19.0 Å². The van der Waals surface area contributed by atoms with E-state index in [2.05, 4.69) is 22.9 Å². The lowest BCUT2D eigenvalue weighted by atomic mass is 9.48. The Balaban J connectivity index is 1.60. The topological polar surface area (TPSA) is 26.3 Å². The van der Waals surface area contributed by atoms with E-state index in [1.54, 1.807) is 0 Å². The highest BCUT2D eigenvalue weighted by molar-refractivity contribution is 9.09. The Hall–Kier alpha value is 0.110. The van der Waals surface area contributed by atoms with Crippen molar-refractivity contribution in [1.29, 1.82) is 0 Å². The maximum absolute atomic E-state index is 12.5. The Morgan fingerprint density at radius 3 is 2.62 bits per heavy atom. The van der Waals surface area contributed by atoms with Crippen molar-refractivity contribution < 1.29 is 9.53 Å². The molecule has 0 amide bonds. The predicted octanol–water partition coefficient (Wildman–Crippen LogP) is 5.87. The van der Waals surface area contributed by atoms with Gasteiger partial charge in [0.25, 0.3) is 0 Å². The Bertz CT molecular complexity index is 520. The molecule has 4 aliphatic carbocycles. The van der Waals surface area contributed by atoms with Gasteiger partial charge >= 0.3 is 0 Å². The van der Waals surface area contributed by atoms with Crippen LogP contribution in [0.4, 0.5) is 0 Å². The van der Waals surface area contributed by atoms with Crippen LogP contribution in [0.25, 0.3) is 0 Å². The van der Waals surface area contributed by atoms with Crippen LogP contribution in [0.5, 0.6) is 0 Å².